The normalized spacial score (nSPS) is 12.0. The Balaban J connectivity index is 3.14. The summed E-state index contributed by atoms with van der Waals surface area (Å²) in [7, 11) is -3.56. The van der Waals surface area contributed by atoms with E-state index in [0.29, 0.717) is 0 Å². The summed E-state index contributed by atoms with van der Waals surface area (Å²) < 4.78 is 22.8. The number of carboxylic acid groups (broad SMARTS) is 1. The lowest BCUT2D eigenvalue weighted by molar-refractivity contribution is -0.384. The minimum absolute atomic E-state index is 0.0403. The summed E-state index contributed by atoms with van der Waals surface area (Å²) >= 11 is 0. The first-order valence-corrected chi connectivity index (χ1v) is 7.80. The molecule has 0 amide bonds. The Morgan fingerprint density at radius 2 is 2.00 bits per heavy atom. The summed E-state index contributed by atoms with van der Waals surface area (Å²) in [6, 6.07) is 3.44. The maximum Gasteiger partial charge on any atom is 0.310 e. The van der Waals surface area contributed by atoms with Gasteiger partial charge in [-0.15, -0.1) is 0 Å². The van der Waals surface area contributed by atoms with Crippen LogP contribution in [-0.2, 0) is 14.6 Å². The molecular weight excluding hydrogens is 300 g/mol. The fraction of sp³-hybridized carbons (Fsp3) is 0.417. The lowest BCUT2D eigenvalue weighted by atomic mass is 9.94. The molecular formula is C12H16N2O6S. The molecule has 116 valence electrons. The molecule has 0 radical (unpaired) electrons. The molecule has 0 unspecified atom stereocenters. The number of carbonyl (C=O) groups is 1. The van der Waals surface area contributed by atoms with Crippen LogP contribution < -0.4 is 5.32 Å². The van der Waals surface area contributed by atoms with Crippen molar-refractivity contribution in [2.45, 2.75) is 18.7 Å². The second kappa shape index (κ2) is 5.68. The van der Waals surface area contributed by atoms with E-state index in [0.717, 1.165) is 12.3 Å². The van der Waals surface area contributed by atoms with Gasteiger partial charge in [0, 0.05) is 18.9 Å². The van der Waals surface area contributed by atoms with Gasteiger partial charge in [-0.2, -0.15) is 0 Å². The molecule has 9 heteroatoms. The third-order valence-electron chi connectivity index (χ3n) is 2.89. The summed E-state index contributed by atoms with van der Waals surface area (Å²) in [5.74, 6) is -1.05. The van der Waals surface area contributed by atoms with E-state index in [4.69, 9.17) is 5.11 Å². The van der Waals surface area contributed by atoms with Crippen molar-refractivity contribution < 1.29 is 23.2 Å². The summed E-state index contributed by atoms with van der Waals surface area (Å²) in [5, 5.41) is 22.7. The first-order chi connectivity index (χ1) is 9.45. The van der Waals surface area contributed by atoms with E-state index >= 15 is 0 Å². The first kappa shape index (κ1) is 16.9. The second-order valence-electron chi connectivity index (χ2n) is 5.25. The van der Waals surface area contributed by atoms with E-state index in [1.54, 1.807) is 0 Å². The van der Waals surface area contributed by atoms with E-state index in [2.05, 4.69) is 5.32 Å². The number of nitro groups is 1. The van der Waals surface area contributed by atoms with Crippen LogP contribution in [0.15, 0.2) is 23.1 Å². The number of nitro benzene ring substituents is 1. The topological polar surface area (TPSA) is 127 Å². The highest BCUT2D eigenvalue weighted by Gasteiger charge is 2.28. The quantitative estimate of drug-likeness (QED) is 0.601. The minimum Gasteiger partial charge on any atom is -0.481 e. The molecule has 0 aliphatic heterocycles. The number of nitrogens with zero attached hydrogens (tertiary/aromatic N) is 1. The molecule has 1 aromatic carbocycles. The average molecular weight is 316 g/mol. The fourth-order valence-electron chi connectivity index (χ4n) is 1.43. The van der Waals surface area contributed by atoms with Crippen LogP contribution in [0, 0.1) is 15.5 Å². The van der Waals surface area contributed by atoms with Gasteiger partial charge in [0.2, 0.25) is 0 Å². The number of aliphatic carboxylic acids is 1. The molecule has 0 aliphatic rings. The monoisotopic (exact) mass is 316 g/mol. The van der Waals surface area contributed by atoms with Crippen LogP contribution in [0.1, 0.15) is 13.8 Å². The van der Waals surface area contributed by atoms with Crippen LogP contribution in [0.3, 0.4) is 0 Å². The number of rotatable bonds is 6. The Bertz CT molecular complexity index is 681. The molecule has 0 bridgehead atoms. The summed E-state index contributed by atoms with van der Waals surface area (Å²) in [5.41, 5.74) is -1.47. The van der Waals surface area contributed by atoms with Gasteiger partial charge in [-0.3, -0.25) is 14.9 Å². The number of hydrogen-bond donors (Lipinski definition) is 2. The van der Waals surface area contributed by atoms with E-state index < -0.39 is 31.8 Å². The molecule has 1 rings (SSSR count). The Kier molecular flexibility index (Phi) is 4.57. The van der Waals surface area contributed by atoms with Gasteiger partial charge >= 0.3 is 5.97 Å². The molecule has 0 spiro atoms. The van der Waals surface area contributed by atoms with E-state index in [9.17, 15) is 23.3 Å². The zero-order chi connectivity index (χ0) is 16.4. The van der Waals surface area contributed by atoms with Crippen molar-refractivity contribution in [2.24, 2.45) is 5.41 Å². The van der Waals surface area contributed by atoms with Gasteiger partial charge in [0.15, 0.2) is 9.84 Å². The maximum atomic E-state index is 11.4. The Hall–Kier alpha value is -2.16. The predicted molar refractivity (Wildman–Crippen MR) is 76.1 cm³/mol. The van der Waals surface area contributed by atoms with Crippen LogP contribution in [0.2, 0.25) is 0 Å². The highest BCUT2D eigenvalue weighted by Crippen LogP contribution is 2.28. The van der Waals surface area contributed by atoms with E-state index in [1.807, 2.05) is 0 Å². The van der Waals surface area contributed by atoms with E-state index in [-0.39, 0.29) is 17.1 Å². The number of benzene rings is 1. The van der Waals surface area contributed by atoms with Crippen LogP contribution in [-0.4, -0.2) is 37.2 Å². The Morgan fingerprint density at radius 1 is 1.43 bits per heavy atom. The standard InChI is InChI=1S/C12H16N2O6S/c1-12(2,11(15)16)7-13-9-5-4-8(21(3,19)20)6-10(9)14(17)18/h4-6,13H,7H2,1-3H3,(H,15,16). The van der Waals surface area contributed by atoms with Crippen LogP contribution in [0.4, 0.5) is 11.4 Å². The van der Waals surface area contributed by atoms with Crippen molar-refractivity contribution in [2.75, 3.05) is 18.1 Å². The molecule has 8 nitrogen and oxygen atoms in total. The van der Waals surface area contributed by atoms with Crippen molar-refractivity contribution in [1.82, 2.24) is 0 Å². The van der Waals surface area contributed by atoms with Crippen LogP contribution >= 0.6 is 0 Å². The molecule has 0 aromatic heterocycles. The second-order valence-corrected chi connectivity index (χ2v) is 7.27. The minimum atomic E-state index is -3.56. The van der Waals surface area contributed by atoms with Gasteiger partial charge in [0.1, 0.15) is 5.69 Å². The summed E-state index contributed by atoms with van der Waals surface area (Å²) in [4.78, 5) is 21.1. The predicted octanol–water partition coefficient (Wildman–Crippen LogP) is 1.52. The van der Waals surface area contributed by atoms with Crippen molar-refractivity contribution in [3.63, 3.8) is 0 Å². The number of anilines is 1. The van der Waals surface area contributed by atoms with Crippen molar-refractivity contribution in [3.8, 4) is 0 Å². The number of hydrogen-bond acceptors (Lipinski definition) is 6. The zero-order valence-electron chi connectivity index (χ0n) is 11.8. The molecule has 2 N–H and O–H groups in total. The van der Waals surface area contributed by atoms with Gasteiger partial charge in [0.25, 0.3) is 5.69 Å². The lowest BCUT2D eigenvalue weighted by Gasteiger charge is -2.20. The molecule has 0 saturated heterocycles. The molecule has 21 heavy (non-hydrogen) atoms. The number of sulfone groups is 1. The van der Waals surface area contributed by atoms with Gasteiger partial charge in [-0.25, -0.2) is 8.42 Å². The SMILES string of the molecule is CC(C)(CNc1ccc(S(C)(=O)=O)cc1[N+](=O)[O-])C(=O)O. The van der Waals surface area contributed by atoms with Crippen molar-refractivity contribution >= 4 is 27.2 Å². The molecule has 1 aromatic rings. The molecule has 0 atom stereocenters. The Labute approximate surface area is 121 Å². The molecule has 0 heterocycles. The van der Waals surface area contributed by atoms with Gasteiger partial charge in [0.05, 0.1) is 15.2 Å². The molecule has 0 aliphatic carbocycles. The van der Waals surface area contributed by atoms with Gasteiger partial charge in [-0.05, 0) is 26.0 Å². The number of nitrogens with one attached hydrogen (secondary N) is 1. The highest BCUT2D eigenvalue weighted by molar-refractivity contribution is 7.90. The third-order valence-corrected chi connectivity index (χ3v) is 4.00. The zero-order valence-corrected chi connectivity index (χ0v) is 12.6. The highest BCUT2D eigenvalue weighted by atomic mass is 32.2. The van der Waals surface area contributed by atoms with Crippen molar-refractivity contribution in [3.05, 3.63) is 28.3 Å². The van der Waals surface area contributed by atoms with E-state index in [1.165, 1.54) is 26.0 Å². The fourth-order valence-corrected chi connectivity index (χ4v) is 2.08. The molecule has 0 fully saturated rings. The third kappa shape index (κ3) is 4.15. The number of carboxylic acids is 1. The summed E-state index contributed by atoms with van der Waals surface area (Å²) in [6.45, 7) is 2.90. The van der Waals surface area contributed by atoms with Crippen LogP contribution in [0.25, 0.3) is 0 Å². The Morgan fingerprint density at radius 3 is 2.43 bits per heavy atom. The summed E-state index contributed by atoms with van der Waals surface area (Å²) in [6.07, 6.45) is 0.951. The maximum absolute atomic E-state index is 11.4. The average Bonchev–Trinajstić information content (AvgIpc) is 2.34. The van der Waals surface area contributed by atoms with Gasteiger partial charge in [-0.1, -0.05) is 0 Å². The van der Waals surface area contributed by atoms with Gasteiger partial charge < -0.3 is 10.4 Å². The van der Waals surface area contributed by atoms with Crippen LogP contribution in [0.5, 0.6) is 0 Å². The smallest absolute Gasteiger partial charge is 0.310 e. The lowest BCUT2D eigenvalue weighted by Crippen LogP contribution is -2.31. The largest absolute Gasteiger partial charge is 0.481 e. The first-order valence-electron chi connectivity index (χ1n) is 5.91. The molecule has 0 saturated carbocycles. The van der Waals surface area contributed by atoms with Crippen molar-refractivity contribution in [1.29, 1.82) is 0 Å².